The summed E-state index contributed by atoms with van der Waals surface area (Å²) in [4.78, 5) is 2.52. The lowest BCUT2D eigenvalue weighted by Gasteiger charge is -2.32. The summed E-state index contributed by atoms with van der Waals surface area (Å²) in [5.74, 6) is 0.285. The predicted molar refractivity (Wildman–Crippen MR) is 108 cm³/mol. The van der Waals surface area contributed by atoms with Crippen molar-refractivity contribution >= 4 is 0 Å². The first kappa shape index (κ1) is 21.6. The highest BCUT2D eigenvalue weighted by Crippen LogP contribution is 2.40. The van der Waals surface area contributed by atoms with E-state index in [4.69, 9.17) is 5.73 Å². The average Bonchev–Trinajstić information content (AvgIpc) is 3.21. The van der Waals surface area contributed by atoms with E-state index in [2.05, 4.69) is 24.1 Å². The van der Waals surface area contributed by atoms with Gasteiger partial charge < -0.3 is 16.2 Å². The maximum absolute atomic E-state index is 14.0. The lowest BCUT2D eigenvalue weighted by Crippen LogP contribution is -2.42. The molecule has 2 fully saturated rings. The molecule has 1 aliphatic heterocycles. The number of nitrogens with one attached hydrogen (secondary N) is 1. The number of halogens is 2. The SMILES string of the molecule is CCCC(CC(N)C(O)c1cc(F)ccc1F)N1CC2CC(NCC)CC2C1. The van der Waals surface area contributed by atoms with E-state index in [1.54, 1.807) is 0 Å². The normalized spacial score (nSPS) is 28.3. The van der Waals surface area contributed by atoms with E-state index in [9.17, 15) is 13.9 Å². The molecular weight excluding hydrogens is 360 g/mol. The zero-order valence-electron chi connectivity index (χ0n) is 17.1. The average molecular weight is 396 g/mol. The third kappa shape index (κ3) is 4.90. The Balaban J connectivity index is 1.61. The molecule has 0 aromatic heterocycles. The van der Waals surface area contributed by atoms with Crippen LogP contribution in [0.3, 0.4) is 0 Å². The zero-order valence-corrected chi connectivity index (χ0v) is 17.1. The summed E-state index contributed by atoms with van der Waals surface area (Å²) in [7, 11) is 0. The molecule has 3 rings (SSSR count). The van der Waals surface area contributed by atoms with Crippen LogP contribution in [-0.2, 0) is 0 Å². The molecule has 0 bridgehead atoms. The van der Waals surface area contributed by atoms with Gasteiger partial charge in [0.05, 0.1) is 6.10 Å². The van der Waals surface area contributed by atoms with E-state index in [-0.39, 0.29) is 11.6 Å². The Morgan fingerprint density at radius 3 is 2.50 bits per heavy atom. The van der Waals surface area contributed by atoms with E-state index >= 15 is 0 Å². The van der Waals surface area contributed by atoms with Crippen LogP contribution in [0.15, 0.2) is 18.2 Å². The number of nitrogens with zero attached hydrogens (tertiary/aromatic N) is 1. The van der Waals surface area contributed by atoms with Gasteiger partial charge in [0.15, 0.2) is 0 Å². The Bertz CT molecular complexity index is 630. The number of likely N-dealkylation sites (tertiary alicyclic amines) is 1. The third-order valence-corrected chi connectivity index (χ3v) is 6.64. The van der Waals surface area contributed by atoms with Gasteiger partial charge in [-0.05, 0) is 62.3 Å². The van der Waals surface area contributed by atoms with Gasteiger partial charge in [0.25, 0.3) is 0 Å². The van der Waals surface area contributed by atoms with Crippen molar-refractivity contribution in [3.63, 3.8) is 0 Å². The van der Waals surface area contributed by atoms with Gasteiger partial charge in [-0.3, -0.25) is 4.90 Å². The first-order chi connectivity index (χ1) is 13.4. The molecule has 1 aromatic carbocycles. The van der Waals surface area contributed by atoms with Crippen molar-refractivity contribution in [3.05, 3.63) is 35.4 Å². The fraction of sp³-hybridized carbons (Fsp3) is 0.727. The summed E-state index contributed by atoms with van der Waals surface area (Å²) < 4.78 is 27.5. The minimum absolute atomic E-state index is 0.0467. The smallest absolute Gasteiger partial charge is 0.129 e. The summed E-state index contributed by atoms with van der Waals surface area (Å²) in [6.45, 7) is 7.49. The summed E-state index contributed by atoms with van der Waals surface area (Å²) in [5.41, 5.74) is 6.22. The largest absolute Gasteiger partial charge is 0.387 e. The molecule has 0 radical (unpaired) electrons. The standard InChI is InChI=1S/C22H35F2N3O/c1-3-5-18(27-12-14-8-17(26-4-2)9-15(14)13-27)11-21(25)22(28)19-10-16(23)6-7-20(19)24/h6-7,10,14-15,17-18,21-22,26,28H,3-5,8-9,11-13,25H2,1-2H3. The van der Waals surface area contributed by atoms with Crippen molar-refractivity contribution in [2.45, 2.75) is 70.2 Å². The van der Waals surface area contributed by atoms with Gasteiger partial charge in [0, 0.05) is 36.8 Å². The number of hydrogen-bond donors (Lipinski definition) is 3. The molecule has 4 nitrogen and oxygen atoms in total. The maximum Gasteiger partial charge on any atom is 0.129 e. The predicted octanol–water partition coefficient (Wildman–Crippen LogP) is 3.20. The fourth-order valence-corrected chi connectivity index (χ4v) is 5.29. The van der Waals surface area contributed by atoms with Gasteiger partial charge >= 0.3 is 0 Å². The second-order valence-corrected chi connectivity index (χ2v) is 8.65. The number of rotatable bonds is 9. The molecule has 1 saturated carbocycles. The van der Waals surface area contributed by atoms with Crippen molar-refractivity contribution in [2.24, 2.45) is 17.6 Å². The second-order valence-electron chi connectivity index (χ2n) is 8.65. The first-order valence-electron chi connectivity index (χ1n) is 10.8. The lowest BCUT2D eigenvalue weighted by atomic mass is 9.94. The Kier molecular flexibility index (Phi) is 7.42. The molecule has 28 heavy (non-hydrogen) atoms. The molecule has 2 aliphatic rings. The fourth-order valence-electron chi connectivity index (χ4n) is 5.29. The van der Waals surface area contributed by atoms with Crippen LogP contribution in [0, 0.1) is 23.5 Å². The van der Waals surface area contributed by atoms with Gasteiger partial charge in [-0.2, -0.15) is 0 Å². The number of hydrogen-bond acceptors (Lipinski definition) is 4. The van der Waals surface area contributed by atoms with Crippen LogP contribution in [0.4, 0.5) is 8.78 Å². The van der Waals surface area contributed by atoms with Crippen LogP contribution in [0.25, 0.3) is 0 Å². The van der Waals surface area contributed by atoms with E-state index in [0.29, 0.717) is 12.5 Å². The molecular formula is C22H35F2N3O. The highest BCUT2D eigenvalue weighted by molar-refractivity contribution is 5.22. The zero-order chi connectivity index (χ0) is 20.3. The van der Waals surface area contributed by atoms with Crippen molar-refractivity contribution in [2.75, 3.05) is 19.6 Å². The van der Waals surface area contributed by atoms with Crippen LogP contribution in [0.5, 0.6) is 0 Å². The van der Waals surface area contributed by atoms with Crippen LogP contribution >= 0.6 is 0 Å². The quantitative estimate of drug-likeness (QED) is 0.601. The minimum Gasteiger partial charge on any atom is -0.387 e. The second kappa shape index (κ2) is 9.61. The molecule has 1 saturated heterocycles. The molecule has 1 heterocycles. The molecule has 0 spiro atoms. The molecule has 4 N–H and O–H groups in total. The number of benzene rings is 1. The Hall–Kier alpha value is -1.08. The lowest BCUT2D eigenvalue weighted by molar-refractivity contribution is 0.109. The molecule has 1 aliphatic carbocycles. The number of aliphatic hydroxyl groups is 1. The van der Waals surface area contributed by atoms with E-state index < -0.39 is 23.8 Å². The number of aliphatic hydroxyl groups excluding tert-OH is 1. The Labute approximate surface area is 167 Å². The molecule has 158 valence electrons. The maximum atomic E-state index is 14.0. The van der Waals surface area contributed by atoms with Crippen molar-refractivity contribution in [3.8, 4) is 0 Å². The minimum atomic E-state index is -1.20. The van der Waals surface area contributed by atoms with Gasteiger partial charge in [-0.15, -0.1) is 0 Å². The molecule has 5 atom stereocenters. The highest BCUT2D eigenvalue weighted by atomic mass is 19.1. The molecule has 5 unspecified atom stereocenters. The van der Waals surface area contributed by atoms with E-state index in [0.717, 1.165) is 62.5 Å². The number of nitrogens with two attached hydrogens (primary N) is 1. The topological polar surface area (TPSA) is 61.5 Å². The monoisotopic (exact) mass is 395 g/mol. The van der Waals surface area contributed by atoms with Crippen LogP contribution in [0.1, 0.15) is 57.6 Å². The molecule has 0 amide bonds. The van der Waals surface area contributed by atoms with Gasteiger partial charge in [-0.25, -0.2) is 8.78 Å². The van der Waals surface area contributed by atoms with Gasteiger partial charge in [0.2, 0.25) is 0 Å². The number of fused-ring (bicyclic) bond motifs is 1. The van der Waals surface area contributed by atoms with Crippen LogP contribution in [-0.4, -0.2) is 47.8 Å². The van der Waals surface area contributed by atoms with Crippen molar-refractivity contribution in [1.82, 2.24) is 10.2 Å². The Morgan fingerprint density at radius 2 is 1.89 bits per heavy atom. The van der Waals surface area contributed by atoms with E-state index in [1.165, 1.54) is 12.8 Å². The summed E-state index contributed by atoms with van der Waals surface area (Å²) in [6.07, 6.45) is 3.89. The summed E-state index contributed by atoms with van der Waals surface area (Å²) in [6, 6.07) is 3.45. The third-order valence-electron chi connectivity index (χ3n) is 6.64. The Morgan fingerprint density at radius 1 is 1.21 bits per heavy atom. The van der Waals surface area contributed by atoms with Crippen LogP contribution in [0.2, 0.25) is 0 Å². The van der Waals surface area contributed by atoms with Crippen molar-refractivity contribution in [1.29, 1.82) is 0 Å². The van der Waals surface area contributed by atoms with Crippen LogP contribution < -0.4 is 11.1 Å². The van der Waals surface area contributed by atoms with Crippen molar-refractivity contribution < 1.29 is 13.9 Å². The van der Waals surface area contributed by atoms with E-state index in [1.807, 2.05) is 0 Å². The highest BCUT2D eigenvalue weighted by Gasteiger charge is 2.42. The first-order valence-corrected chi connectivity index (χ1v) is 10.8. The molecule has 6 heteroatoms. The van der Waals surface area contributed by atoms with Gasteiger partial charge in [0.1, 0.15) is 11.6 Å². The van der Waals surface area contributed by atoms with Gasteiger partial charge in [-0.1, -0.05) is 20.3 Å². The molecule has 1 aromatic rings. The summed E-state index contributed by atoms with van der Waals surface area (Å²) >= 11 is 0. The summed E-state index contributed by atoms with van der Waals surface area (Å²) in [5, 5.41) is 14.1.